The first-order chi connectivity index (χ1) is 7.16. The van der Waals surface area contributed by atoms with Crippen LogP contribution in [0.3, 0.4) is 0 Å². The Balaban J connectivity index is 2.23. The molecule has 0 heterocycles. The number of carbonyl (C=O) groups is 1. The molecule has 0 aromatic heterocycles. The fraction of sp³-hybridized carbons (Fsp3) is 0.462. The predicted octanol–water partition coefficient (Wildman–Crippen LogP) is 3.30. The van der Waals surface area contributed by atoms with Gasteiger partial charge < -0.3 is 0 Å². The standard InChI is InChI=1S/C13H15FO/c1-9-6-10(8-11(15)7-9)12-4-2-3-5-13(12)14/h2-5,9-10H,6-8H2,1H3. The monoisotopic (exact) mass is 206 g/mol. The highest BCUT2D eigenvalue weighted by Gasteiger charge is 2.27. The van der Waals surface area contributed by atoms with Crippen LogP contribution in [0.1, 0.15) is 37.7 Å². The molecule has 0 bridgehead atoms. The SMILES string of the molecule is CC1CC(=O)CC(c2ccccc2F)C1. The van der Waals surface area contributed by atoms with Gasteiger partial charge in [0.25, 0.3) is 0 Å². The van der Waals surface area contributed by atoms with E-state index in [0.29, 0.717) is 24.3 Å². The van der Waals surface area contributed by atoms with E-state index in [2.05, 4.69) is 6.92 Å². The minimum Gasteiger partial charge on any atom is -0.300 e. The second-order valence-electron chi connectivity index (χ2n) is 4.51. The van der Waals surface area contributed by atoms with Gasteiger partial charge in [-0.25, -0.2) is 4.39 Å². The van der Waals surface area contributed by atoms with Gasteiger partial charge in [-0.15, -0.1) is 0 Å². The van der Waals surface area contributed by atoms with Crippen LogP contribution in [-0.4, -0.2) is 5.78 Å². The van der Waals surface area contributed by atoms with Gasteiger partial charge in [0.05, 0.1) is 0 Å². The molecule has 0 aliphatic heterocycles. The molecule has 0 radical (unpaired) electrons. The summed E-state index contributed by atoms with van der Waals surface area (Å²) in [6.07, 6.45) is 2.09. The van der Waals surface area contributed by atoms with Crippen molar-refractivity contribution in [1.82, 2.24) is 0 Å². The van der Waals surface area contributed by atoms with Crippen molar-refractivity contribution in [3.63, 3.8) is 0 Å². The molecule has 0 amide bonds. The predicted molar refractivity (Wildman–Crippen MR) is 57.2 cm³/mol. The molecular formula is C13H15FO. The molecule has 1 aliphatic carbocycles. The lowest BCUT2D eigenvalue weighted by molar-refractivity contribution is -0.121. The molecule has 2 unspecified atom stereocenters. The fourth-order valence-corrected chi connectivity index (χ4v) is 2.44. The van der Waals surface area contributed by atoms with E-state index in [4.69, 9.17) is 0 Å². The quantitative estimate of drug-likeness (QED) is 0.689. The highest BCUT2D eigenvalue weighted by atomic mass is 19.1. The molecule has 1 aromatic rings. The summed E-state index contributed by atoms with van der Waals surface area (Å²) in [7, 11) is 0. The van der Waals surface area contributed by atoms with Gasteiger partial charge in [0, 0.05) is 12.8 Å². The Labute approximate surface area is 89.3 Å². The van der Waals surface area contributed by atoms with Crippen LogP contribution in [-0.2, 0) is 4.79 Å². The summed E-state index contributed by atoms with van der Waals surface area (Å²) in [5.41, 5.74) is 0.706. The summed E-state index contributed by atoms with van der Waals surface area (Å²) in [4.78, 5) is 11.4. The Hall–Kier alpha value is -1.18. The van der Waals surface area contributed by atoms with Gasteiger partial charge >= 0.3 is 0 Å². The molecule has 80 valence electrons. The van der Waals surface area contributed by atoms with Crippen molar-refractivity contribution in [2.75, 3.05) is 0 Å². The molecule has 15 heavy (non-hydrogen) atoms. The molecule has 2 heteroatoms. The summed E-state index contributed by atoms with van der Waals surface area (Å²) in [6, 6.07) is 6.79. The third-order valence-corrected chi connectivity index (χ3v) is 3.08. The average molecular weight is 206 g/mol. The number of hydrogen-bond acceptors (Lipinski definition) is 1. The van der Waals surface area contributed by atoms with Crippen molar-refractivity contribution >= 4 is 5.78 Å². The van der Waals surface area contributed by atoms with E-state index in [1.807, 2.05) is 6.07 Å². The maximum absolute atomic E-state index is 13.5. The number of ketones is 1. The smallest absolute Gasteiger partial charge is 0.133 e. The molecule has 0 spiro atoms. The third-order valence-electron chi connectivity index (χ3n) is 3.08. The number of Topliss-reactive ketones (excluding diaryl/α,β-unsaturated/α-hetero) is 1. The van der Waals surface area contributed by atoms with E-state index in [0.717, 1.165) is 6.42 Å². The van der Waals surface area contributed by atoms with Crippen molar-refractivity contribution in [2.24, 2.45) is 5.92 Å². The van der Waals surface area contributed by atoms with Crippen molar-refractivity contribution in [1.29, 1.82) is 0 Å². The minimum atomic E-state index is -0.176. The molecule has 1 nitrogen and oxygen atoms in total. The van der Waals surface area contributed by atoms with Gasteiger partial charge in [-0.3, -0.25) is 4.79 Å². The molecule has 2 atom stereocenters. The third kappa shape index (κ3) is 2.25. The first-order valence-corrected chi connectivity index (χ1v) is 5.43. The zero-order valence-corrected chi connectivity index (χ0v) is 8.87. The zero-order valence-electron chi connectivity index (χ0n) is 8.87. The number of hydrogen-bond donors (Lipinski definition) is 0. The Morgan fingerprint density at radius 1 is 1.27 bits per heavy atom. The number of rotatable bonds is 1. The molecule has 1 saturated carbocycles. The van der Waals surface area contributed by atoms with Crippen molar-refractivity contribution in [3.8, 4) is 0 Å². The van der Waals surface area contributed by atoms with Gasteiger partial charge in [-0.1, -0.05) is 25.1 Å². The lowest BCUT2D eigenvalue weighted by Gasteiger charge is -2.26. The number of benzene rings is 1. The van der Waals surface area contributed by atoms with Gasteiger partial charge in [0.2, 0.25) is 0 Å². The van der Waals surface area contributed by atoms with Gasteiger partial charge in [-0.05, 0) is 29.9 Å². The Bertz CT molecular complexity index is 373. The van der Waals surface area contributed by atoms with Crippen molar-refractivity contribution in [3.05, 3.63) is 35.6 Å². The van der Waals surface area contributed by atoms with Crippen LogP contribution in [0.25, 0.3) is 0 Å². The molecule has 1 aromatic carbocycles. The normalized spacial score (nSPS) is 26.7. The highest BCUT2D eigenvalue weighted by molar-refractivity contribution is 5.80. The fourth-order valence-electron chi connectivity index (χ4n) is 2.44. The molecule has 0 saturated heterocycles. The molecular weight excluding hydrogens is 191 g/mol. The number of halogens is 1. The summed E-state index contributed by atoms with van der Waals surface area (Å²) in [5, 5.41) is 0. The van der Waals surface area contributed by atoms with E-state index in [1.165, 1.54) is 6.07 Å². The van der Waals surface area contributed by atoms with Gasteiger partial charge in [-0.2, -0.15) is 0 Å². The maximum Gasteiger partial charge on any atom is 0.133 e. The van der Waals surface area contributed by atoms with Crippen LogP contribution in [0.5, 0.6) is 0 Å². The van der Waals surface area contributed by atoms with E-state index in [9.17, 15) is 9.18 Å². The van der Waals surface area contributed by atoms with Gasteiger partial charge in [0.1, 0.15) is 11.6 Å². The van der Waals surface area contributed by atoms with E-state index >= 15 is 0 Å². The van der Waals surface area contributed by atoms with Crippen molar-refractivity contribution < 1.29 is 9.18 Å². The second-order valence-corrected chi connectivity index (χ2v) is 4.51. The van der Waals surface area contributed by atoms with Crippen LogP contribution in [0, 0.1) is 11.7 Å². The zero-order chi connectivity index (χ0) is 10.8. The van der Waals surface area contributed by atoms with Crippen molar-refractivity contribution in [2.45, 2.75) is 32.1 Å². The highest BCUT2D eigenvalue weighted by Crippen LogP contribution is 2.35. The minimum absolute atomic E-state index is 0.0856. The van der Waals surface area contributed by atoms with E-state index in [-0.39, 0.29) is 17.5 Å². The molecule has 1 fully saturated rings. The van der Waals surface area contributed by atoms with Crippen LogP contribution in [0.15, 0.2) is 24.3 Å². The van der Waals surface area contributed by atoms with Crippen LogP contribution in [0.2, 0.25) is 0 Å². The summed E-state index contributed by atoms with van der Waals surface area (Å²) >= 11 is 0. The van der Waals surface area contributed by atoms with E-state index in [1.54, 1.807) is 12.1 Å². The lowest BCUT2D eigenvalue weighted by atomic mass is 9.78. The first-order valence-electron chi connectivity index (χ1n) is 5.43. The molecule has 2 rings (SSSR count). The summed E-state index contributed by atoms with van der Waals surface area (Å²) < 4.78 is 13.5. The summed E-state index contributed by atoms with van der Waals surface area (Å²) in [5.74, 6) is 0.560. The van der Waals surface area contributed by atoms with E-state index < -0.39 is 0 Å². The Morgan fingerprint density at radius 3 is 2.67 bits per heavy atom. The van der Waals surface area contributed by atoms with Gasteiger partial charge in [0.15, 0.2) is 0 Å². The summed E-state index contributed by atoms with van der Waals surface area (Å²) in [6.45, 7) is 2.06. The lowest BCUT2D eigenvalue weighted by Crippen LogP contribution is -2.20. The maximum atomic E-state index is 13.5. The number of carbonyl (C=O) groups excluding carboxylic acids is 1. The van der Waals surface area contributed by atoms with Crippen LogP contribution in [0.4, 0.5) is 4.39 Å². The van der Waals surface area contributed by atoms with Crippen LogP contribution >= 0.6 is 0 Å². The first kappa shape index (κ1) is 10.3. The molecule has 0 N–H and O–H groups in total. The molecule has 1 aliphatic rings. The average Bonchev–Trinajstić information content (AvgIpc) is 2.16. The largest absolute Gasteiger partial charge is 0.300 e. The Kier molecular flexibility index (Phi) is 2.85. The van der Waals surface area contributed by atoms with Crippen LogP contribution < -0.4 is 0 Å². The second kappa shape index (κ2) is 4.13. The topological polar surface area (TPSA) is 17.1 Å². The Morgan fingerprint density at radius 2 is 2.00 bits per heavy atom.